The molecule has 1 aliphatic carbocycles. The summed E-state index contributed by atoms with van der Waals surface area (Å²) in [5.74, 6) is 0.795. The molecule has 1 heterocycles. The molecule has 1 aliphatic heterocycles. The highest BCUT2D eigenvalue weighted by atomic mass is 16.5. The number of ether oxygens (including phenoxy) is 1. The molecule has 3 N–H and O–H groups in total. The molecule has 0 radical (unpaired) electrons. The minimum atomic E-state index is 0.305. The van der Waals surface area contributed by atoms with E-state index in [0.717, 1.165) is 38.5 Å². The second-order valence-corrected chi connectivity index (χ2v) is 5.85. The van der Waals surface area contributed by atoms with Crippen LogP contribution in [0.3, 0.4) is 0 Å². The van der Waals surface area contributed by atoms with E-state index in [-0.39, 0.29) is 0 Å². The van der Waals surface area contributed by atoms with Gasteiger partial charge in [0, 0.05) is 24.8 Å². The molecule has 0 bridgehead atoms. The van der Waals surface area contributed by atoms with Gasteiger partial charge in [0.15, 0.2) is 0 Å². The highest BCUT2D eigenvalue weighted by Crippen LogP contribution is 2.25. The normalized spacial score (nSPS) is 34.9. The Labute approximate surface area is 99.1 Å². The molecule has 2 fully saturated rings. The van der Waals surface area contributed by atoms with Gasteiger partial charge in [-0.15, -0.1) is 0 Å². The third kappa shape index (κ3) is 3.44. The molecule has 94 valence electrons. The van der Waals surface area contributed by atoms with Gasteiger partial charge in [0.25, 0.3) is 0 Å². The fraction of sp³-hybridized carbons (Fsp3) is 1.00. The van der Waals surface area contributed by atoms with E-state index >= 15 is 0 Å². The minimum absolute atomic E-state index is 0.305. The van der Waals surface area contributed by atoms with Crippen LogP contribution in [0.15, 0.2) is 0 Å². The average molecular weight is 226 g/mol. The van der Waals surface area contributed by atoms with Crippen LogP contribution in [0.1, 0.15) is 45.4 Å². The molecule has 3 heteroatoms. The Hall–Kier alpha value is -0.120. The van der Waals surface area contributed by atoms with E-state index in [0.29, 0.717) is 11.6 Å². The predicted octanol–water partition coefficient (Wildman–Crippen LogP) is 1.66. The van der Waals surface area contributed by atoms with Crippen molar-refractivity contribution >= 4 is 0 Å². The number of hydrogen-bond acceptors (Lipinski definition) is 3. The van der Waals surface area contributed by atoms with E-state index in [1.54, 1.807) is 0 Å². The Morgan fingerprint density at radius 1 is 1.31 bits per heavy atom. The van der Waals surface area contributed by atoms with E-state index in [1.807, 2.05) is 0 Å². The molecule has 0 spiro atoms. The minimum Gasteiger partial charge on any atom is -0.381 e. The summed E-state index contributed by atoms with van der Waals surface area (Å²) in [5.41, 5.74) is 6.32. The summed E-state index contributed by atoms with van der Waals surface area (Å²) in [7, 11) is 0. The fourth-order valence-corrected chi connectivity index (χ4v) is 2.91. The summed E-state index contributed by atoms with van der Waals surface area (Å²) in [6.07, 6.45) is 7.39. The van der Waals surface area contributed by atoms with Gasteiger partial charge in [-0.2, -0.15) is 0 Å². The van der Waals surface area contributed by atoms with Crippen molar-refractivity contribution in [3.05, 3.63) is 0 Å². The van der Waals surface area contributed by atoms with Crippen LogP contribution < -0.4 is 11.1 Å². The maximum atomic E-state index is 6.02. The van der Waals surface area contributed by atoms with Crippen molar-refractivity contribution in [3.63, 3.8) is 0 Å². The van der Waals surface area contributed by atoms with E-state index < -0.39 is 0 Å². The largest absolute Gasteiger partial charge is 0.381 e. The van der Waals surface area contributed by atoms with Gasteiger partial charge in [0.1, 0.15) is 0 Å². The molecule has 0 aromatic rings. The van der Waals surface area contributed by atoms with Gasteiger partial charge in [-0.1, -0.05) is 6.42 Å². The first-order chi connectivity index (χ1) is 7.68. The van der Waals surface area contributed by atoms with E-state index in [2.05, 4.69) is 12.2 Å². The smallest absolute Gasteiger partial charge is 0.0483 e. The molecule has 2 unspecified atom stereocenters. The lowest BCUT2D eigenvalue weighted by Crippen LogP contribution is -2.49. The fourth-order valence-electron chi connectivity index (χ4n) is 2.91. The first kappa shape index (κ1) is 12.3. The van der Waals surface area contributed by atoms with Crippen molar-refractivity contribution in [2.75, 3.05) is 19.8 Å². The van der Waals surface area contributed by atoms with Crippen LogP contribution in [0.2, 0.25) is 0 Å². The summed E-state index contributed by atoms with van der Waals surface area (Å²) >= 11 is 0. The molecule has 2 aliphatic rings. The molecular formula is C13H26N2O. The summed E-state index contributed by atoms with van der Waals surface area (Å²) in [4.78, 5) is 0. The zero-order chi connectivity index (χ0) is 11.4. The highest BCUT2D eigenvalue weighted by molar-refractivity contribution is 4.87. The molecular weight excluding hydrogens is 200 g/mol. The first-order valence-electron chi connectivity index (χ1n) is 6.76. The lowest BCUT2D eigenvalue weighted by atomic mass is 9.84. The lowest BCUT2D eigenvalue weighted by Gasteiger charge is -2.37. The quantitative estimate of drug-likeness (QED) is 0.769. The molecule has 1 saturated carbocycles. The summed E-state index contributed by atoms with van der Waals surface area (Å²) in [6.45, 7) is 5.30. The van der Waals surface area contributed by atoms with Gasteiger partial charge in [0.05, 0.1) is 0 Å². The van der Waals surface area contributed by atoms with Gasteiger partial charge in [-0.3, -0.25) is 0 Å². The molecule has 1 saturated heterocycles. The summed E-state index contributed by atoms with van der Waals surface area (Å²) in [5, 5.41) is 3.75. The number of rotatable bonds is 3. The number of nitrogens with two attached hydrogens (primary N) is 1. The van der Waals surface area contributed by atoms with Crippen molar-refractivity contribution in [1.82, 2.24) is 5.32 Å². The van der Waals surface area contributed by atoms with Crippen LogP contribution in [0.5, 0.6) is 0 Å². The molecule has 16 heavy (non-hydrogen) atoms. The molecule has 2 atom stereocenters. The van der Waals surface area contributed by atoms with Crippen LogP contribution in [0, 0.1) is 5.92 Å². The van der Waals surface area contributed by atoms with Crippen molar-refractivity contribution in [2.24, 2.45) is 11.7 Å². The van der Waals surface area contributed by atoms with Crippen LogP contribution in [0.25, 0.3) is 0 Å². The van der Waals surface area contributed by atoms with Crippen LogP contribution >= 0.6 is 0 Å². The van der Waals surface area contributed by atoms with Gasteiger partial charge in [-0.05, 0) is 51.5 Å². The Balaban J connectivity index is 1.73. The van der Waals surface area contributed by atoms with E-state index in [9.17, 15) is 0 Å². The van der Waals surface area contributed by atoms with Crippen LogP contribution in [0.4, 0.5) is 0 Å². The third-order valence-electron chi connectivity index (χ3n) is 4.24. The van der Waals surface area contributed by atoms with E-state index in [4.69, 9.17) is 10.5 Å². The Kier molecular flexibility index (Phi) is 4.22. The van der Waals surface area contributed by atoms with Gasteiger partial charge in [-0.25, -0.2) is 0 Å². The first-order valence-corrected chi connectivity index (χ1v) is 6.76. The van der Waals surface area contributed by atoms with Gasteiger partial charge >= 0.3 is 0 Å². The Bertz CT molecular complexity index is 214. The molecule has 2 rings (SSSR count). The highest BCUT2D eigenvalue weighted by Gasteiger charge is 2.28. The molecule has 3 nitrogen and oxygen atoms in total. The van der Waals surface area contributed by atoms with Crippen molar-refractivity contribution in [1.29, 1.82) is 0 Å². The SMILES string of the molecule is CC1(NCC2CCCC(N)C2)CCOCC1. The lowest BCUT2D eigenvalue weighted by molar-refractivity contribution is 0.0428. The van der Waals surface area contributed by atoms with Crippen molar-refractivity contribution in [3.8, 4) is 0 Å². The van der Waals surface area contributed by atoms with Crippen molar-refractivity contribution in [2.45, 2.75) is 57.0 Å². The maximum Gasteiger partial charge on any atom is 0.0483 e. The standard InChI is InChI=1S/C13H26N2O/c1-13(5-7-16-8-6-13)15-10-11-3-2-4-12(14)9-11/h11-12,15H,2-10,14H2,1H3. The van der Waals surface area contributed by atoms with Crippen LogP contribution in [-0.2, 0) is 4.74 Å². The number of nitrogens with one attached hydrogen (secondary N) is 1. The Morgan fingerprint density at radius 3 is 2.75 bits per heavy atom. The van der Waals surface area contributed by atoms with Crippen molar-refractivity contribution < 1.29 is 4.74 Å². The maximum absolute atomic E-state index is 6.02. The van der Waals surface area contributed by atoms with Crippen LogP contribution in [-0.4, -0.2) is 31.3 Å². The predicted molar refractivity (Wildman–Crippen MR) is 66.4 cm³/mol. The zero-order valence-electron chi connectivity index (χ0n) is 10.5. The third-order valence-corrected chi connectivity index (χ3v) is 4.24. The zero-order valence-corrected chi connectivity index (χ0v) is 10.5. The Morgan fingerprint density at radius 2 is 2.06 bits per heavy atom. The van der Waals surface area contributed by atoms with E-state index in [1.165, 1.54) is 25.7 Å². The summed E-state index contributed by atoms with van der Waals surface area (Å²) < 4.78 is 5.41. The monoisotopic (exact) mass is 226 g/mol. The second kappa shape index (κ2) is 5.48. The van der Waals surface area contributed by atoms with Gasteiger partial charge in [0.2, 0.25) is 0 Å². The second-order valence-electron chi connectivity index (χ2n) is 5.85. The van der Waals surface area contributed by atoms with Gasteiger partial charge < -0.3 is 15.8 Å². The topological polar surface area (TPSA) is 47.3 Å². The molecule has 0 aromatic carbocycles. The average Bonchev–Trinajstić information content (AvgIpc) is 2.28. The number of hydrogen-bond donors (Lipinski definition) is 2. The molecule has 0 aromatic heterocycles. The molecule has 0 amide bonds. The summed E-state index contributed by atoms with van der Waals surface area (Å²) in [6, 6.07) is 0.447.